The predicted octanol–water partition coefficient (Wildman–Crippen LogP) is 2.62. The van der Waals surface area contributed by atoms with E-state index in [0.717, 1.165) is 5.56 Å². The first-order chi connectivity index (χ1) is 8.65. The molecule has 0 aliphatic carbocycles. The average molecular weight is 247 g/mol. The average Bonchev–Trinajstić information content (AvgIpc) is 2.38. The van der Waals surface area contributed by atoms with E-state index in [0.29, 0.717) is 11.3 Å². The number of aromatic nitrogens is 1. The van der Waals surface area contributed by atoms with E-state index in [-0.39, 0.29) is 5.56 Å². The van der Waals surface area contributed by atoms with E-state index in [1.807, 2.05) is 6.92 Å². The molecule has 0 aliphatic rings. The van der Waals surface area contributed by atoms with Gasteiger partial charge in [-0.15, -0.1) is 0 Å². The van der Waals surface area contributed by atoms with E-state index in [1.54, 1.807) is 24.4 Å². The molecule has 1 aromatic carbocycles. The minimum atomic E-state index is -1.09. The van der Waals surface area contributed by atoms with Crippen LogP contribution in [0, 0.1) is 12.7 Å². The van der Waals surface area contributed by atoms with Gasteiger partial charge in [-0.05, 0) is 30.7 Å². The zero-order valence-electron chi connectivity index (χ0n) is 10.2. The van der Waals surface area contributed by atoms with Crippen molar-refractivity contribution in [1.29, 1.82) is 0 Å². The summed E-state index contributed by atoms with van der Waals surface area (Å²) >= 11 is 0. The van der Waals surface area contributed by atoms with Crippen molar-refractivity contribution >= 4 is 0 Å². The van der Waals surface area contributed by atoms with E-state index < -0.39 is 11.9 Å². The van der Waals surface area contributed by atoms with Crippen LogP contribution in [0.15, 0.2) is 36.7 Å². The number of hydrogen-bond donors (Lipinski definition) is 1. The van der Waals surface area contributed by atoms with Gasteiger partial charge in [0.2, 0.25) is 0 Å². The summed E-state index contributed by atoms with van der Waals surface area (Å²) in [6.45, 7) is 1.84. The molecule has 2 rings (SSSR count). The number of hydrogen-bond acceptors (Lipinski definition) is 3. The molecule has 0 bridgehead atoms. The molecule has 0 amide bonds. The number of aliphatic hydroxyl groups excluding tert-OH is 1. The predicted molar refractivity (Wildman–Crippen MR) is 66.0 cm³/mol. The highest BCUT2D eigenvalue weighted by molar-refractivity contribution is 5.42. The summed E-state index contributed by atoms with van der Waals surface area (Å²) in [5.74, 6) is -0.171. The van der Waals surface area contributed by atoms with E-state index in [4.69, 9.17) is 4.74 Å². The number of benzene rings is 1. The Hall–Kier alpha value is -1.94. The Balaban J connectivity index is 2.52. The third-order valence-electron chi connectivity index (χ3n) is 2.88. The molecule has 3 nitrogen and oxygen atoms in total. The molecule has 1 aromatic heterocycles. The van der Waals surface area contributed by atoms with Gasteiger partial charge < -0.3 is 9.84 Å². The molecule has 18 heavy (non-hydrogen) atoms. The van der Waals surface area contributed by atoms with E-state index >= 15 is 0 Å². The van der Waals surface area contributed by atoms with Crippen molar-refractivity contribution in [2.24, 2.45) is 0 Å². The fourth-order valence-corrected chi connectivity index (χ4v) is 1.88. The molecule has 2 aromatic rings. The lowest BCUT2D eigenvalue weighted by atomic mass is 9.98. The van der Waals surface area contributed by atoms with Crippen LogP contribution in [-0.2, 0) is 0 Å². The first-order valence-corrected chi connectivity index (χ1v) is 5.56. The Morgan fingerprint density at radius 1 is 1.33 bits per heavy atom. The lowest BCUT2D eigenvalue weighted by molar-refractivity contribution is 0.208. The molecule has 0 aliphatic heterocycles. The Labute approximate surface area is 105 Å². The summed E-state index contributed by atoms with van der Waals surface area (Å²) in [7, 11) is 1.45. The number of halogens is 1. The quantitative estimate of drug-likeness (QED) is 0.906. The fraction of sp³-hybridized carbons (Fsp3) is 0.214. The molecule has 1 N–H and O–H groups in total. The maximum atomic E-state index is 13.8. The molecule has 0 radical (unpaired) electrons. The third-order valence-corrected chi connectivity index (χ3v) is 2.88. The Morgan fingerprint density at radius 3 is 2.78 bits per heavy atom. The second-order valence-electron chi connectivity index (χ2n) is 3.99. The molecule has 1 unspecified atom stereocenters. The van der Waals surface area contributed by atoms with Crippen molar-refractivity contribution in [2.75, 3.05) is 7.11 Å². The topological polar surface area (TPSA) is 42.4 Å². The number of nitrogens with zero attached hydrogens (tertiary/aromatic N) is 1. The van der Waals surface area contributed by atoms with Gasteiger partial charge in [0.15, 0.2) is 0 Å². The van der Waals surface area contributed by atoms with Gasteiger partial charge in [0.05, 0.1) is 12.7 Å². The maximum Gasteiger partial charge on any atom is 0.133 e. The molecular formula is C14H14FNO2. The standard InChI is InChI=1S/C14H14FNO2/c1-9-6-7-16-8-10(9)14(17)13-11(15)4-3-5-12(13)18-2/h3-8,14,17H,1-2H3. The summed E-state index contributed by atoms with van der Waals surface area (Å²) < 4.78 is 18.9. The Bertz CT molecular complexity index is 557. The summed E-state index contributed by atoms with van der Waals surface area (Å²) in [5, 5.41) is 10.3. The number of aliphatic hydroxyl groups is 1. The van der Waals surface area contributed by atoms with Gasteiger partial charge in [0, 0.05) is 18.0 Å². The molecule has 1 heterocycles. The van der Waals surface area contributed by atoms with Crippen molar-refractivity contribution in [3.8, 4) is 5.75 Å². The Kier molecular flexibility index (Phi) is 3.58. The van der Waals surface area contributed by atoms with Crippen LogP contribution >= 0.6 is 0 Å². The Morgan fingerprint density at radius 2 is 2.11 bits per heavy atom. The van der Waals surface area contributed by atoms with Gasteiger partial charge >= 0.3 is 0 Å². The highest BCUT2D eigenvalue weighted by Crippen LogP contribution is 2.32. The first-order valence-electron chi connectivity index (χ1n) is 5.56. The maximum absolute atomic E-state index is 13.8. The van der Waals surface area contributed by atoms with Gasteiger partial charge in [-0.2, -0.15) is 0 Å². The van der Waals surface area contributed by atoms with E-state index in [2.05, 4.69) is 4.98 Å². The monoisotopic (exact) mass is 247 g/mol. The van der Waals surface area contributed by atoms with Crippen LogP contribution < -0.4 is 4.74 Å². The van der Waals surface area contributed by atoms with Crippen LogP contribution in [0.25, 0.3) is 0 Å². The van der Waals surface area contributed by atoms with Crippen molar-refractivity contribution in [1.82, 2.24) is 4.98 Å². The molecule has 0 spiro atoms. The largest absolute Gasteiger partial charge is 0.496 e. The minimum absolute atomic E-state index is 0.135. The molecule has 1 atom stereocenters. The van der Waals surface area contributed by atoms with Crippen LogP contribution in [-0.4, -0.2) is 17.2 Å². The lowest BCUT2D eigenvalue weighted by Crippen LogP contribution is -2.07. The minimum Gasteiger partial charge on any atom is -0.496 e. The van der Waals surface area contributed by atoms with Crippen molar-refractivity contribution < 1.29 is 14.2 Å². The second-order valence-corrected chi connectivity index (χ2v) is 3.99. The molecule has 0 saturated heterocycles. The number of ether oxygens (including phenoxy) is 1. The van der Waals surface area contributed by atoms with Gasteiger partial charge in [-0.1, -0.05) is 6.07 Å². The van der Waals surface area contributed by atoms with Crippen LogP contribution in [0.4, 0.5) is 4.39 Å². The highest BCUT2D eigenvalue weighted by atomic mass is 19.1. The molecule has 0 saturated carbocycles. The summed E-state index contributed by atoms with van der Waals surface area (Å²) in [5.41, 5.74) is 1.56. The summed E-state index contributed by atoms with van der Waals surface area (Å²) in [6, 6.07) is 6.23. The van der Waals surface area contributed by atoms with Crippen molar-refractivity contribution in [3.05, 3.63) is 59.2 Å². The normalized spacial score (nSPS) is 12.2. The third kappa shape index (κ3) is 2.19. The van der Waals surface area contributed by atoms with Crippen molar-refractivity contribution in [3.63, 3.8) is 0 Å². The number of aryl methyl sites for hydroxylation is 1. The van der Waals surface area contributed by atoms with Crippen LogP contribution in [0.3, 0.4) is 0 Å². The molecule has 4 heteroatoms. The highest BCUT2D eigenvalue weighted by Gasteiger charge is 2.21. The zero-order chi connectivity index (χ0) is 13.1. The molecular weight excluding hydrogens is 233 g/mol. The fourth-order valence-electron chi connectivity index (χ4n) is 1.88. The smallest absolute Gasteiger partial charge is 0.133 e. The van der Waals surface area contributed by atoms with Crippen molar-refractivity contribution in [2.45, 2.75) is 13.0 Å². The van der Waals surface area contributed by atoms with Crippen LogP contribution in [0.2, 0.25) is 0 Å². The summed E-state index contributed by atoms with van der Waals surface area (Å²) in [4.78, 5) is 3.95. The lowest BCUT2D eigenvalue weighted by Gasteiger charge is -2.17. The number of methoxy groups -OCH3 is 1. The second kappa shape index (κ2) is 5.14. The molecule has 94 valence electrons. The molecule has 0 fully saturated rings. The number of pyridine rings is 1. The SMILES string of the molecule is COc1cccc(F)c1C(O)c1cnccc1C. The first kappa shape index (κ1) is 12.5. The van der Waals surface area contributed by atoms with Gasteiger partial charge in [0.25, 0.3) is 0 Å². The van der Waals surface area contributed by atoms with E-state index in [1.165, 1.54) is 19.4 Å². The number of rotatable bonds is 3. The van der Waals surface area contributed by atoms with Crippen LogP contribution in [0.5, 0.6) is 5.75 Å². The summed E-state index contributed by atoms with van der Waals surface area (Å²) in [6.07, 6.45) is 2.07. The van der Waals surface area contributed by atoms with Gasteiger partial charge in [-0.3, -0.25) is 4.98 Å². The zero-order valence-corrected chi connectivity index (χ0v) is 10.2. The van der Waals surface area contributed by atoms with Gasteiger partial charge in [0.1, 0.15) is 17.7 Å². The van der Waals surface area contributed by atoms with E-state index in [9.17, 15) is 9.50 Å². The van der Waals surface area contributed by atoms with Crippen LogP contribution in [0.1, 0.15) is 22.8 Å². The van der Waals surface area contributed by atoms with Gasteiger partial charge in [-0.25, -0.2) is 4.39 Å².